The zero-order valence-electron chi connectivity index (χ0n) is 14.1. The van der Waals surface area contributed by atoms with Gasteiger partial charge in [-0.2, -0.15) is 0 Å². The molecule has 118 valence electrons. The highest BCUT2D eigenvalue weighted by Crippen LogP contribution is 2.48. The van der Waals surface area contributed by atoms with E-state index in [2.05, 4.69) is 39.9 Å². The Bertz CT molecular complexity index is 510. The predicted molar refractivity (Wildman–Crippen MR) is 84.9 cm³/mol. The van der Waals surface area contributed by atoms with Gasteiger partial charge < -0.3 is 10.1 Å². The molecule has 0 radical (unpaired) electrons. The van der Waals surface area contributed by atoms with Crippen LogP contribution in [0.5, 0.6) is 0 Å². The fraction of sp³-hybridized carbons (Fsp3) is 0.667. The Labute approximate surface area is 128 Å². The summed E-state index contributed by atoms with van der Waals surface area (Å²) in [5, 5.41) is 3.47. The van der Waals surface area contributed by atoms with Gasteiger partial charge in [0.15, 0.2) is 0 Å². The van der Waals surface area contributed by atoms with E-state index in [1.54, 1.807) is 6.07 Å². The molecule has 2 rings (SSSR count). The van der Waals surface area contributed by atoms with E-state index in [0.29, 0.717) is 0 Å². The van der Waals surface area contributed by atoms with Crippen molar-refractivity contribution in [2.75, 3.05) is 6.54 Å². The van der Waals surface area contributed by atoms with Crippen molar-refractivity contribution < 1.29 is 9.13 Å². The van der Waals surface area contributed by atoms with Crippen LogP contribution in [0.15, 0.2) is 18.2 Å². The zero-order chi connectivity index (χ0) is 15.8. The number of aryl methyl sites for hydroxylation is 1. The standard InChI is InChI=1S/C18H28FNO/c1-7-20-16(13-9-8-12(2)10-15(13)19)14-11-17(3,4)21-18(14,5)6/h8-10,14,16,20H,7,11H2,1-6H3. The van der Waals surface area contributed by atoms with Gasteiger partial charge in [0.05, 0.1) is 11.2 Å². The third-order valence-electron chi connectivity index (χ3n) is 4.46. The first-order valence-electron chi connectivity index (χ1n) is 7.86. The number of benzene rings is 1. The second kappa shape index (κ2) is 5.69. The second-order valence-corrected chi connectivity index (χ2v) is 7.34. The van der Waals surface area contributed by atoms with E-state index in [1.807, 2.05) is 19.1 Å². The summed E-state index contributed by atoms with van der Waals surface area (Å²) in [5.74, 6) is 0.117. The molecule has 3 heteroatoms. The van der Waals surface area contributed by atoms with E-state index in [9.17, 15) is 4.39 Å². The van der Waals surface area contributed by atoms with Gasteiger partial charge >= 0.3 is 0 Å². The van der Waals surface area contributed by atoms with Crippen LogP contribution in [0.1, 0.15) is 58.2 Å². The highest BCUT2D eigenvalue weighted by atomic mass is 19.1. The third kappa shape index (κ3) is 3.46. The van der Waals surface area contributed by atoms with E-state index in [0.717, 1.165) is 24.1 Å². The molecule has 1 aliphatic rings. The normalized spacial score (nSPS) is 25.0. The van der Waals surface area contributed by atoms with Crippen LogP contribution in [0.3, 0.4) is 0 Å². The van der Waals surface area contributed by atoms with Crippen LogP contribution in [0.25, 0.3) is 0 Å². The van der Waals surface area contributed by atoms with Crippen LogP contribution in [-0.4, -0.2) is 17.7 Å². The minimum atomic E-state index is -0.270. The second-order valence-electron chi connectivity index (χ2n) is 7.34. The average molecular weight is 293 g/mol. The zero-order valence-corrected chi connectivity index (χ0v) is 14.1. The molecule has 1 fully saturated rings. The van der Waals surface area contributed by atoms with Gasteiger partial charge in [0.2, 0.25) is 0 Å². The van der Waals surface area contributed by atoms with Gasteiger partial charge in [-0.1, -0.05) is 19.1 Å². The van der Waals surface area contributed by atoms with Crippen LogP contribution < -0.4 is 5.32 Å². The maximum Gasteiger partial charge on any atom is 0.128 e. The number of nitrogens with one attached hydrogen (secondary N) is 1. The molecule has 1 aromatic rings. The van der Waals surface area contributed by atoms with Crippen molar-refractivity contribution in [2.45, 2.75) is 65.2 Å². The molecule has 21 heavy (non-hydrogen) atoms. The van der Waals surface area contributed by atoms with E-state index in [1.165, 1.54) is 0 Å². The molecule has 2 unspecified atom stereocenters. The Kier molecular flexibility index (Phi) is 4.46. The molecular formula is C18H28FNO. The summed E-state index contributed by atoms with van der Waals surface area (Å²) in [4.78, 5) is 0. The molecule has 0 bridgehead atoms. The molecule has 0 spiro atoms. The number of halogens is 1. The van der Waals surface area contributed by atoms with Crippen molar-refractivity contribution in [3.63, 3.8) is 0 Å². The average Bonchev–Trinajstić information content (AvgIpc) is 2.55. The van der Waals surface area contributed by atoms with Crippen molar-refractivity contribution in [3.05, 3.63) is 35.1 Å². The van der Waals surface area contributed by atoms with Gasteiger partial charge in [0.1, 0.15) is 5.82 Å². The molecule has 2 atom stereocenters. The molecule has 0 amide bonds. The van der Waals surface area contributed by atoms with Crippen molar-refractivity contribution in [1.29, 1.82) is 0 Å². The van der Waals surface area contributed by atoms with Crippen LogP contribution in [-0.2, 0) is 4.74 Å². The Morgan fingerprint density at radius 1 is 1.33 bits per heavy atom. The smallest absolute Gasteiger partial charge is 0.128 e. The fourth-order valence-corrected chi connectivity index (χ4v) is 3.70. The van der Waals surface area contributed by atoms with Gasteiger partial charge in [0.25, 0.3) is 0 Å². The summed E-state index contributed by atoms with van der Waals surface area (Å²) in [7, 11) is 0. The van der Waals surface area contributed by atoms with Gasteiger partial charge in [-0.05, 0) is 59.2 Å². The number of hydrogen-bond acceptors (Lipinski definition) is 2. The number of ether oxygens (including phenoxy) is 1. The molecule has 1 N–H and O–H groups in total. The van der Waals surface area contributed by atoms with Crippen LogP contribution in [0.4, 0.5) is 4.39 Å². The molecule has 2 nitrogen and oxygen atoms in total. The molecule has 0 saturated carbocycles. The summed E-state index contributed by atoms with van der Waals surface area (Å²) < 4.78 is 20.6. The minimum absolute atomic E-state index is 0.0209. The van der Waals surface area contributed by atoms with Crippen LogP contribution >= 0.6 is 0 Å². The molecule has 0 aliphatic carbocycles. The lowest BCUT2D eigenvalue weighted by molar-refractivity contribution is -0.0779. The van der Waals surface area contributed by atoms with Gasteiger partial charge in [-0.25, -0.2) is 4.39 Å². The lowest BCUT2D eigenvalue weighted by atomic mass is 9.78. The van der Waals surface area contributed by atoms with E-state index in [-0.39, 0.29) is 29.0 Å². The maximum atomic E-state index is 14.4. The summed E-state index contributed by atoms with van der Waals surface area (Å²) >= 11 is 0. The van der Waals surface area contributed by atoms with Crippen molar-refractivity contribution in [3.8, 4) is 0 Å². The first kappa shape index (κ1) is 16.4. The van der Waals surface area contributed by atoms with Gasteiger partial charge in [-0.15, -0.1) is 0 Å². The molecule has 1 aliphatic heterocycles. The summed E-state index contributed by atoms with van der Waals surface area (Å²) in [6.07, 6.45) is 0.922. The van der Waals surface area contributed by atoms with Crippen LogP contribution in [0.2, 0.25) is 0 Å². The van der Waals surface area contributed by atoms with E-state index >= 15 is 0 Å². The van der Waals surface area contributed by atoms with Crippen molar-refractivity contribution in [1.82, 2.24) is 5.32 Å². The maximum absolute atomic E-state index is 14.4. The van der Waals surface area contributed by atoms with Crippen LogP contribution in [0, 0.1) is 18.7 Å². The molecular weight excluding hydrogens is 265 g/mol. The van der Waals surface area contributed by atoms with Gasteiger partial charge in [0, 0.05) is 17.5 Å². The Morgan fingerprint density at radius 3 is 2.48 bits per heavy atom. The van der Waals surface area contributed by atoms with Gasteiger partial charge in [-0.3, -0.25) is 0 Å². The van der Waals surface area contributed by atoms with E-state index in [4.69, 9.17) is 4.74 Å². The first-order valence-corrected chi connectivity index (χ1v) is 7.86. The SMILES string of the molecule is CCNC(c1ccc(C)cc1F)C1CC(C)(C)OC1(C)C. The number of hydrogen-bond donors (Lipinski definition) is 1. The third-order valence-corrected chi connectivity index (χ3v) is 4.46. The monoisotopic (exact) mass is 293 g/mol. The topological polar surface area (TPSA) is 21.3 Å². The molecule has 1 aromatic carbocycles. The van der Waals surface area contributed by atoms with Crippen molar-refractivity contribution >= 4 is 0 Å². The highest BCUT2D eigenvalue weighted by molar-refractivity contribution is 5.28. The first-order chi connectivity index (χ1) is 9.66. The quantitative estimate of drug-likeness (QED) is 0.889. The molecule has 1 heterocycles. The highest BCUT2D eigenvalue weighted by Gasteiger charge is 2.49. The van der Waals surface area contributed by atoms with E-state index < -0.39 is 0 Å². The van der Waals surface area contributed by atoms with Crippen molar-refractivity contribution in [2.24, 2.45) is 5.92 Å². The number of rotatable bonds is 4. The minimum Gasteiger partial charge on any atom is -0.369 e. The molecule has 0 aromatic heterocycles. The summed E-state index contributed by atoms with van der Waals surface area (Å²) in [6.45, 7) is 13.2. The summed E-state index contributed by atoms with van der Waals surface area (Å²) in [5.41, 5.74) is 1.27. The predicted octanol–water partition coefficient (Wildman–Crippen LogP) is 4.38. The lowest BCUT2D eigenvalue weighted by Gasteiger charge is -2.34. The lowest BCUT2D eigenvalue weighted by Crippen LogP contribution is -2.39. The summed E-state index contributed by atoms with van der Waals surface area (Å²) in [6, 6.07) is 5.50. The fourth-order valence-electron chi connectivity index (χ4n) is 3.70. The Balaban J connectivity index is 2.39. The Hall–Kier alpha value is -0.930. The largest absolute Gasteiger partial charge is 0.369 e. The Morgan fingerprint density at radius 2 is 2.00 bits per heavy atom. The molecule has 1 saturated heterocycles.